The minimum atomic E-state index is 0.555. The van der Waals surface area contributed by atoms with Crippen LogP contribution in [0, 0.1) is 0 Å². The lowest BCUT2D eigenvalue weighted by Crippen LogP contribution is -2.44. The van der Waals surface area contributed by atoms with Crippen LogP contribution >= 0.6 is 0 Å². The summed E-state index contributed by atoms with van der Waals surface area (Å²) in [4.78, 5) is 36.4. The topological polar surface area (TPSA) is 185 Å². The summed E-state index contributed by atoms with van der Waals surface area (Å²) in [5.74, 6) is 5.89. The highest BCUT2D eigenvalue weighted by Crippen LogP contribution is 2.39. The van der Waals surface area contributed by atoms with Crippen LogP contribution in [-0.2, 0) is 9.47 Å². The molecule has 0 bridgehead atoms. The minimum Gasteiger partial charge on any atom is -0.493 e. The number of ether oxygens (including phenoxy) is 7. The standard InChI is InChI=1S/C28H34N6O4.C26H30N6O3/c1-35-23-6-4-20(18-24(23)36-2)19-3-5-21-22(17-19)30-26-25(21)31-28(34-9-7-29-8-10-34)32-27(26)38-16-13-33-11-14-37-15-12-33;1-33-21-6-4-18(16-22(21)34-2)17-3-5-19-20(15-17)28-24-23(19)29-26(32-9-7-27-8-10-32)30-25(24)31-11-13-35-14-12-31/h3-6,17-18,29-30H,7-16H2,1-2H3;3-6,15-16,27-28H,7-14H2,1-2H3. The number of hydrogen-bond acceptors (Lipinski definition) is 17. The van der Waals surface area contributed by atoms with Gasteiger partial charge in [0.15, 0.2) is 28.8 Å². The molecule has 0 amide bonds. The molecule has 4 aromatic carbocycles. The number of H-pyrrole nitrogens is 2. The molecule has 4 N–H and O–H groups in total. The number of benzene rings is 4. The maximum Gasteiger partial charge on any atom is 0.243 e. The van der Waals surface area contributed by atoms with Gasteiger partial charge in [0.1, 0.15) is 28.7 Å². The quantitative estimate of drug-likeness (QED) is 0.106. The molecule has 19 heteroatoms. The summed E-state index contributed by atoms with van der Waals surface area (Å²) in [5.41, 5.74) is 9.92. The normalized spacial score (nSPS) is 16.7. The van der Waals surface area contributed by atoms with E-state index in [1.807, 2.05) is 36.4 Å². The van der Waals surface area contributed by atoms with Crippen LogP contribution in [0.2, 0.25) is 0 Å². The molecule has 8 aromatic rings. The van der Waals surface area contributed by atoms with Crippen LogP contribution in [0.25, 0.3) is 66.1 Å². The Kier molecular flexibility index (Phi) is 14.4. The molecule has 4 saturated heterocycles. The Morgan fingerprint density at radius 2 is 0.945 bits per heavy atom. The van der Waals surface area contributed by atoms with E-state index in [0.29, 0.717) is 54.6 Å². The monoisotopic (exact) mass is 993 g/mol. The summed E-state index contributed by atoms with van der Waals surface area (Å²) >= 11 is 0. The summed E-state index contributed by atoms with van der Waals surface area (Å²) in [6.07, 6.45) is 0. The molecule has 0 aliphatic carbocycles. The van der Waals surface area contributed by atoms with E-state index in [2.05, 4.69) is 76.6 Å². The van der Waals surface area contributed by atoms with Crippen LogP contribution in [0.5, 0.6) is 28.9 Å². The molecular weight excluding hydrogens is 929 g/mol. The molecule has 0 atom stereocenters. The van der Waals surface area contributed by atoms with Crippen LogP contribution in [0.3, 0.4) is 0 Å². The summed E-state index contributed by atoms with van der Waals surface area (Å²) in [5, 5.41) is 8.95. The van der Waals surface area contributed by atoms with Crippen LogP contribution in [0.1, 0.15) is 0 Å². The number of aromatic amines is 2. The lowest BCUT2D eigenvalue weighted by Gasteiger charge is -2.31. The highest BCUT2D eigenvalue weighted by Gasteiger charge is 2.25. The second-order valence-corrected chi connectivity index (χ2v) is 18.4. The fourth-order valence-corrected chi connectivity index (χ4v) is 10.1. The fraction of sp³-hybridized carbons (Fsp3) is 0.407. The van der Waals surface area contributed by atoms with E-state index < -0.39 is 0 Å². The Balaban J connectivity index is 0.000000158. The molecule has 0 radical (unpaired) electrons. The summed E-state index contributed by atoms with van der Waals surface area (Å²) in [6, 6.07) is 24.8. The van der Waals surface area contributed by atoms with E-state index in [1.165, 1.54) is 0 Å². The number of morpholine rings is 2. The molecule has 0 saturated carbocycles. The first kappa shape index (κ1) is 48.1. The number of rotatable bonds is 13. The SMILES string of the molecule is COc1ccc(-c2ccc3c(c2)[nH]c2c(N4CCOCC4)nc(N4CCNCC4)nc23)cc1OC.COc1ccc(-c2ccc3c(c2)[nH]c2c(OCCN4CCOCC4)nc(N4CCNCC4)nc23)cc1OC. The van der Waals surface area contributed by atoms with Gasteiger partial charge in [-0.2, -0.15) is 9.97 Å². The molecule has 19 nitrogen and oxygen atoms in total. The third kappa shape index (κ3) is 10.1. The summed E-state index contributed by atoms with van der Waals surface area (Å²) in [7, 11) is 6.60. The number of methoxy groups -OCH3 is 4. The first-order valence-corrected chi connectivity index (χ1v) is 25.3. The van der Waals surface area contributed by atoms with E-state index >= 15 is 0 Å². The van der Waals surface area contributed by atoms with E-state index in [1.54, 1.807) is 28.4 Å². The Morgan fingerprint density at radius 1 is 0.479 bits per heavy atom. The van der Waals surface area contributed by atoms with Crippen molar-refractivity contribution >= 4 is 61.6 Å². The van der Waals surface area contributed by atoms with Crippen LogP contribution < -0.4 is 49.0 Å². The van der Waals surface area contributed by atoms with Gasteiger partial charge in [0.25, 0.3) is 0 Å². The number of piperazine rings is 2. The highest BCUT2D eigenvalue weighted by molar-refractivity contribution is 6.10. The van der Waals surface area contributed by atoms with Gasteiger partial charge in [-0.05, 0) is 58.7 Å². The molecule has 4 fully saturated rings. The molecule has 8 heterocycles. The highest BCUT2D eigenvalue weighted by atomic mass is 16.5. The molecule has 4 aromatic heterocycles. The lowest BCUT2D eigenvalue weighted by molar-refractivity contribution is 0.0321. The van der Waals surface area contributed by atoms with Crippen molar-refractivity contribution in [2.75, 3.05) is 161 Å². The average Bonchev–Trinajstić information content (AvgIpc) is 4.03. The molecule has 4 aliphatic heterocycles. The minimum absolute atomic E-state index is 0.555. The fourth-order valence-electron chi connectivity index (χ4n) is 10.1. The number of nitrogens with one attached hydrogen (secondary N) is 4. The number of aromatic nitrogens is 6. The van der Waals surface area contributed by atoms with E-state index in [0.717, 1.165) is 176 Å². The van der Waals surface area contributed by atoms with Gasteiger partial charge in [0.2, 0.25) is 17.8 Å². The van der Waals surface area contributed by atoms with Crippen molar-refractivity contribution in [1.29, 1.82) is 0 Å². The second-order valence-electron chi connectivity index (χ2n) is 18.4. The van der Waals surface area contributed by atoms with Crippen molar-refractivity contribution in [3.05, 3.63) is 72.8 Å². The van der Waals surface area contributed by atoms with E-state index in [4.69, 9.17) is 53.1 Å². The zero-order valence-electron chi connectivity index (χ0n) is 42.1. The van der Waals surface area contributed by atoms with Crippen LogP contribution in [-0.4, -0.2) is 181 Å². The summed E-state index contributed by atoms with van der Waals surface area (Å²) < 4.78 is 39.2. The molecular formula is C54H64N12O7. The van der Waals surface area contributed by atoms with Gasteiger partial charge in [-0.25, -0.2) is 9.97 Å². The predicted molar refractivity (Wildman–Crippen MR) is 286 cm³/mol. The van der Waals surface area contributed by atoms with Gasteiger partial charge in [0.05, 0.1) is 54.9 Å². The lowest BCUT2D eigenvalue weighted by atomic mass is 10.0. The third-order valence-electron chi connectivity index (χ3n) is 14.1. The van der Waals surface area contributed by atoms with Crippen LogP contribution in [0.4, 0.5) is 17.7 Å². The smallest absolute Gasteiger partial charge is 0.243 e. The number of anilines is 3. The first-order chi connectivity index (χ1) is 36.0. The largest absolute Gasteiger partial charge is 0.493 e. The molecule has 0 spiro atoms. The zero-order chi connectivity index (χ0) is 49.7. The number of fused-ring (bicyclic) bond motifs is 6. The maximum absolute atomic E-state index is 6.32. The van der Waals surface area contributed by atoms with Crippen molar-refractivity contribution in [1.82, 2.24) is 45.4 Å². The van der Waals surface area contributed by atoms with Crippen LogP contribution in [0.15, 0.2) is 72.8 Å². The van der Waals surface area contributed by atoms with Gasteiger partial charge in [-0.1, -0.05) is 36.4 Å². The van der Waals surface area contributed by atoms with Crippen molar-refractivity contribution < 1.29 is 33.2 Å². The number of nitrogens with zero attached hydrogens (tertiary/aromatic N) is 8. The average molecular weight is 993 g/mol. The van der Waals surface area contributed by atoms with E-state index in [9.17, 15) is 0 Å². The first-order valence-electron chi connectivity index (χ1n) is 25.3. The zero-order valence-corrected chi connectivity index (χ0v) is 42.1. The van der Waals surface area contributed by atoms with E-state index in [-0.39, 0.29) is 0 Å². The van der Waals surface area contributed by atoms with Gasteiger partial charge in [-0.3, -0.25) is 4.90 Å². The van der Waals surface area contributed by atoms with Gasteiger partial charge < -0.3 is 68.5 Å². The maximum atomic E-state index is 6.32. The third-order valence-corrected chi connectivity index (χ3v) is 14.1. The molecule has 73 heavy (non-hydrogen) atoms. The Morgan fingerprint density at radius 3 is 1.48 bits per heavy atom. The second kappa shape index (κ2) is 21.9. The molecule has 0 unspecified atom stereocenters. The van der Waals surface area contributed by atoms with Gasteiger partial charge in [0, 0.05) is 107 Å². The molecule has 382 valence electrons. The van der Waals surface area contributed by atoms with Gasteiger partial charge in [-0.15, -0.1) is 0 Å². The Bertz CT molecular complexity index is 3190. The Hall–Kier alpha value is -7.16. The van der Waals surface area contributed by atoms with Gasteiger partial charge >= 0.3 is 0 Å². The predicted octanol–water partition coefficient (Wildman–Crippen LogP) is 5.96. The number of hydrogen-bond donors (Lipinski definition) is 4. The summed E-state index contributed by atoms with van der Waals surface area (Å²) in [6.45, 7) is 15.1. The Labute approximate surface area is 424 Å². The van der Waals surface area contributed by atoms with Crippen molar-refractivity contribution in [3.63, 3.8) is 0 Å². The molecule has 4 aliphatic rings. The van der Waals surface area contributed by atoms with Crippen molar-refractivity contribution in [3.8, 4) is 51.1 Å². The molecule has 12 rings (SSSR count). The van der Waals surface area contributed by atoms with Crippen molar-refractivity contribution in [2.24, 2.45) is 0 Å². The van der Waals surface area contributed by atoms with Crippen molar-refractivity contribution in [2.45, 2.75) is 0 Å².